The van der Waals surface area contributed by atoms with Gasteiger partial charge in [-0.3, -0.25) is 14.6 Å². The number of benzene rings is 2. The van der Waals surface area contributed by atoms with E-state index in [1.807, 2.05) is 97.4 Å². The SMILES string of the molecule is CC(C)N=C(N)Nc1cccc(-c2ccnc3c(C(=O)c4cccs4)cnn23)c1.Nc1cccc(-c2ccnc3c(C(=O)c4cccs4)cnn23)c1. The number of carbonyl (C=O) groups excluding carboxylic acids is 2. The highest BCUT2D eigenvalue weighted by Crippen LogP contribution is 2.27. The molecule has 8 rings (SSSR count). The quantitative estimate of drug-likeness (QED) is 0.0640. The lowest BCUT2D eigenvalue weighted by molar-refractivity contribution is 0.103. The number of aliphatic imine (C=N–C) groups is 1. The largest absolute Gasteiger partial charge is 0.399 e. The molecule has 8 aromatic rings. The van der Waals surface area contributed by atoms with Crippen molar-refractivity contribution in [1.82, 2.24) is 29.2 Å². The lowest BCUT2D eigenvalue weighted by atomic mass is 10.1. The molecule has 0 saturated carbocycles. The highest BCUT2D eigenvalue weighted by atomic mass is 32.1. The first-order chi connectivity index (χ1) is 25.3. The maximum absolute atomic E-state index is 12.8. The minimum atomic E-state index is -0.0762. The summed E-state index contributed by atoms with van der Waals surface area (Å²) >= 11 is 2.81. The number of ketones is 2. The van der Waals surface area contributed by atoms with Crippen LogP contribution in [-0.2, 0) is 0 Å². The summed E-state index contributed by atoms with van der Waals surface area (Å²) in [7, 11) is 0. The van der Waals surface area contributed by atoms with Crippen LogP contribution in [0.4, 0.5) is 11.4 Å². The molecule has 0 atom stereocenters. The number of thiophene rings is 2. The minimum absolute atomic E-state index is 0.0628. The zero-order valence-corrected chi connectivity index (χ0v) is 29.7. The predicted octanol–water partition coefficient (Wildman–Crippen LogP) is 7.09. The Morgan fingerprint density at radius 1 is 0.731 bits per heavy atom. The fourth-order valence-electron chi connectivity index (χ4n) is 5.53. The van der Waals surface area contributed by atoms with Gasteiger partial charge in [0, 0.05) is 40.9 Å². The van der Waals surface area contributed by atoms with E-state index in [1.165, 1.54) is 22.7 Å². The Hall–Kier alpha value is -6.51. The van der Waals surface area contributed by atoms with Crippen LogP contribution in [0.3, 0.4) is 0 Å². The number of nitrogens with one attached hydrogen (secondary N) is 1. The summed E-state index contributed by atoms with van der Waals surface area (Å²) in [5.74, 6) is 0.222. The third-order valence-corrected chi connectivity index (χ3v) is 9.53. The zero-order chi connectivity index (χ0) is 36.2. The standard InChI is InChI=1S/C21H20N6OS.C17H12N4OS/c1-13(2)25-21(22)26-15-6-3-5-14(11-15)17-8-9-23-20-16(12-24-27(17)20)19(28)18-7-4-10-29-18;18-12-4-1-3-11(9-12)14-6-7-19-17-13(10-20-21(14)17)16(22)15-5-2-8-23-15/h3-13H,1-2H3,(H3,22,25,26);1-10H,18H2. The molecule has 14 heteroatoms. The van der Waals surface area contributed by atoms with Gasteiger partial charge in [-0.05, 0) is 73.1 Å². The molecule has 0 bridgehead atoms. The topological polar surface area (TPSA) is 171 Å². The van der Waals surface area contributed by atoms with Crippen molar-refractivity contribution in [3.8, 4) is 22.5 Å². The third-order valence-electron chi connectivity index (χ3n) is 7.79. The van der Waals surface area contributed by atoms with Crippen molar-refractivity contribution in [1.29, 1.82) is 0 Å². The van der Waals surface area contributed by atoms with Crippen molar-refractivity contribution >= 4 is 62.9 Å². The molecule has 52 heavy (non-hydrogen) atoms. The Bertz CT molecular complexity index is 2550. The van der Waals surface area contributed by atoms with Crippen LogP contribution in [0, 0.1) is 0 Å². The van der Waals surface area contributed by atoms with Crippen molar-refractivity contribution < 1.29 is 9.59 Å². The van der Waals surface area contributed by atoms with Gasteiger partial charge in [0.1, 0.15) is 0 Å². The summed E-state index contributed by atoms with van der Waals surface area (Å²) in [6.45, 7) is 3.93. The molecule has 0 fully saturated rings. The molecule has 0 aliphatic heterocycles. The molecule has 0 aliphatic rings. The summed E-state index contributed by atoms with van der Waals surface area (Å²) in [5, 5.41) is 15.6. The van der Waals surface area contributed by atoms with Gasteiger partial charge in [-0.25, -0.2) is 19.0 Å². The molecule has 0 radical (unpaired) electrons. The smallest absolute Gasteiger partial charge is 0.208 e. The van der Waals surface area contributed by atoms with Gasteiger partial charge in [-0.15, -0.1) is 22.7 Å². The highest BCUT2D eigenvalue weighted by Gasteiger charge is 2.20. The fourth-order valence-corrected chi connectivity index (χ4v) is 6.89. The van der Waals surface area contributed by atoms with Gasteiger partial charge >= 0.3 is 0 Å². The Morgan fingerprint density at radius 3 is 1.77 bits per heavy atom. The number of rotatable bonds is 8. The van der Waals surface area contributed by atoms with E-state index < -0.39 is 0 Å². The molecule has 0 unspecified atom stereocenters. The van der Waals surface area contributed by atoms with Gasteiger partial charge in [-0.1, -0.05) is 36.4 Å². The summed E-state index contributed by atoms with van der Waals surface area (Å²) in [4.78, 5) is 39.7. The summed E-state index contributed by atoms with van der Waals surface area (Å²) in [6, 6.07) is 26.5. The molecule has 0 spiro atoms. The first-order valence-corrected chi connectivity index (χ1v) is 17.9. The molecule has 0 aliphatic carbocycles. The average molecular weight is 725 g/mol. The number of nitrogen functional groups attached to an aromatic ring is 1. The second-order valence-corrected chi connectivity index (χ2v) is 13.7. The molecule has 258 valence electrons. The van der Waals surface area contributed by atoms with Crippen molar-refractivity contribution in [2.75, 3.05) is 11.1 Å². The van der Waals surface area contributed by atoms with Crippen LogP contribution < -0.4 is 16.8 Å². The van der Waals surface area contributed by atoms with Crippen LogP contribution in [0.15, 0.2) is 125 Å². The van der Waals surface area contributed by atoms with Crippen molar-refractivity contribution in [2.45, 2.75) is 19.9 Å². The minimum Gasteiger partial charge on any atom is -0.399 e. The van der Waals surface area contributed by atoms with Gasteiger partial charge in [0.25, 0.3) is 0 Å². The van der Waals surface area contributed by atoms with Crippen LogP contribution in [0.5, 0.6) is 0 Å². The third kappa shape index (κ3) is 7.06. The summed E-state index contributed by atoms with van der Waals surface area (Å²) in [6.07, 6.45) is 6.51. The van der Waals surface area contributed by atoms with Crippen LogP contribution >= 0.6 is 22.7 Å². The number of aromatic nitrogens is 6. The van der Waals surface area contributed by atoms with E-state index in [9.17, 15) is 9.59 Å². The van der Waals surface area contributed by atoms with Crippen LogP contribution in [0.1, 0.15) is 44.3 Å². The molecule has 0 amide bonds. The number of hydrogen-bond acceptors (Lipinski definition) is 10. The number of anilines is 2. The van der Waals surface area contributed by atoms with Gasteiger partial charge in [-0.2, -0.15) is 10.2 Å². The van der Waals surface area contributed by atoms with Crippen molar-refractivity contribution in [3.63, 3.8) is 0 Å². The molecule has 2 aromatic carbocycles. The number of hydrogen-bond donors (Lipinski definition) is 3. The number of carbonyl (C=O) groups is 2. The Morgan fingerprint density at radius 2 is 1.27 bits per heavy atom. The number of nitrogens with zero attached hydrogens (tertiary/aromatic N) is 7. The number of nitrogens with two attached hydrogens (primary N) is 2. The molecular weight excluding hydrogens is 693 g/mol. The normalized spacial score (nSPS) is 11.5. The van der Waals surface area contributed by atoms with Gasteiger partial charge in [0.2, 0.25) is 11.6 Å². The lowest BCUT2D eigenvalue weighted by Crippen LogP contribution is -2.23. The maximum atomic E-state index is 12.8. The molecular formula is C38H32N10O2S2. The second-order valence-electron chi connectivity index (χ2n) is 11.8. The van der Waals surface area contributed by atoms with E-state index in [2.05, 4.69) is 30.5 Å². The zero-order valence-electron chi connectivity index (χ0n) is 28.0. The van der Waals surface area contributed by atoms with Crippen LogP contribution in [-0.4, -0.2) is 52.8 Å². The summed E-state index contributed by atoms with van der Waals surface area (Å²) < 4.78 is 3.36. The van der Waals surface area contributed by atoms with Gasteiger partial charge in [0.05, 0.1) is 44.7 Å². The van der Waals surface area contributed by atoms with Gasteiger partial charge in [0.15, 0.2) is 17.3 Å². The Kier molecular flexibility index (Phi) is 9.64. The van der Waals surface area contributed by atoms with E-state index in [0.717, 1.165) is 28.2 Å². The van der Waals surface area contributed by atoms with Crippen LogP contribution in [0.25, 0.3) is 33.8 Å². The van der Waals surface area contributed by atoms with E-state index in [1.54, 1.807) is 46.0 Å². The fraction of sp³-hybridized carbons (Fsp3) is 0.0789. The Balaban J connectivity index is 0.000000166. The number of guanidine groups is 1. The summed E-state index contributed by atoms with van der Waals surface area (Å²) in [5.41, 5.74) is 18.9. The first kappa shape index (κ1) is 34.0. The molecule has 5 N–H and O–H groups in total. The lowest BCUT2D eigenvalue weighted by Gasteiger charge is -2.10. The van der Waals surface area contributed by atoms with Gasteiger partial charge < -0.3 is 16.8 Å². The predicted molar refractivity (Wildman–Crippen MR) is 207 cm³/mol. The van der Waals surface area contributed by atoms with E-state index >= 15 is 0 Å². The molecule has 6 heterocycles. The highest BCUT2D eigenvalue weighted by molar-refractivity contribution is 7.12. The monoisotopic (exact) mass is 724 g/mol. The second kappa shape index (κ2) is 14.8. The molecule has 0 saturated heterocycles. The van der Waals surface area contributed by atoms with E-state index in [0.29, 0.717) is 43.8 Å². The van der Waals surface area contributed by atoms with Crippen molar-refractivity contribution in [3.05, 3.63) is 141 Å². The first-order valence-electron chi connectivity index (χ1n) is 16.2. The maximum Gasteiger partial charge on any atom is 0.208 e. The average Bonchev–Trinajstić information content (AvgIpc) is 3.98. The van der Waals surface area contributed by atoms with E-state index in [-0.39, 0.29) is 17.6 Å². The molecule has 12 nitrogen and oxygen atoms in total. The Labute approximate surface area is 306 Å². The number of fused-ring (bicyclic) bond motifs is 2. The molecule has 6 aromatic heterocycles. The van der Waals surface area contributed by atoms with Crippen LogP contribution in [0.2, 0.25) is 0 Å². The van der Waals surface area contributed by atoms with Crippen molar-refractivity contribution in [2.24, 2.45) is 10.7 Å². The van der Waals surface area contributed by atoms with E-state index in [4.69, 9.17) is 11.5 Å².